The van der Waals surface area contributed by atoms with E-state index in [9.17, 15) is 0 Å². The first-order valence-electron chi connectivity index (χ1n) is 11.2. The van der Waals surface area contributed by atoms with Gasteiger partial charge in [-0.15, -0.1) is 0 Å². The van der Waals surface area contributed by atoms with Crippen molar-refractivity contribution >= 4 is 45.0 Å². The van der Waals surface area contributed by atoms with Crippen LogP contribution >= 0.6 is 0 Å². The van der Waals surface area contributed by atoms with Crippen LogP contribution in [0.3, 0.4) is 0 Å². The number of hydrogen-bond donors (Lipinski definition) is 0. The molecule has 1 aliphatic heterocycles. The van der Waals surface area contributed by atoms with Crippen LogP contribution < -0.4 is 21.1 Å². The molecule has 0 saturated carbocycles. The summed E-state index contributed by atoms with van der Waals surface area (Å²) < 4.78 is 12.6. The van der Waals surface area contributed by atoms with Crippen LogP contribution in [0.4, 0.5) is 0 Å². The average molecular weight is 422 g/mol. The van der Waals surface area contributed by atoms with Crippen molar-refractivity contribution < 1.29 is 9.15 Å². The summed E-state index contributed by atoms with van der Waals surface area (Å²) in [6, 6.07) is 40.1. The van der Waals surface area contributed by atoms with E-state index in [0.29, 0.717) is 0 Å². The van der Waals surface area contributed by atoms with Gasteiger partial charge in [-0.2, -0.15) is 0 Å². The molecule has 0 N–H and O–H groups in total. The summed E-state index contributed by atoms with van der Waals surface area (Å²) in [5, 5.41) is 2.28. The Kier molecular flexibility index (Phi) is 3.97. The number of hydrogen-bond acceptors (Lipinski definition) is 2. The largest absolute Gasteiger partial charge is 0.458 e. The number of ether oxygens (including phenoxy) is 1. The van der Waals surface area contributed by atoms with E-state index in [2.05, 4.69) is 97.1 Å². The van der Waals surface area contributed by atoms with Crippen molar-refractivity contribution in [2.24, 2.45) is 0 Å². The fourth-order valence-electron chi connectivity index (χ4n) is 5.11. The van der Waals surface area contributed by atoms with E-state index in [-0.39, 0.29) is 6.71 Å². The maximum Gasteiger partial charge on any atom is 0.250 e. The van der Waals surface area contributed by atoms with Gasteiger partial charge in [0, 0.05) is 16.3 Å². The Morgan fingerprint density at radius 1 is 0.545 bits per heavy atom. The maximum absolute atomic E-state index is 6.39. The number of rotatable bonds is 2. The lowest BCUT2D eigenvalue weighted by Gasteiger charge is -2.26. The Labute approximate surface area is 192 Å². The van der Waals surface area contributed by atoms with Crippen LogP contribution in [0.25, 0.3) is 33.1 Å². The standard InChI is InChI=1S/C30H19BO2/c1-2-9-20(10-3-1)22-11-8-12-23-24-19-21(17-18-27(24)33-30(22)23)31-25-13-4-6-15-28(25)32-29-16-7-5-14-26(29)31/h1-19H. The normalized spacial score (nSPS) is 12.4. The van der Waals surface area contributed by atoms with Gasteiger partial charge in [0.25, 0.3) is 6.71 Å². The molecule has 2 heterocycles. The van der Waals surface area contributed by atoms with E-state index in [1.165, 1.54) is 16.4 Å². The molecular formula is C30H19BO2. The number of benzene rings is 5. The molecule has 0 radical (unpaired) electrons. The molecule has 0 unspecified atom stereocenters. The Bertz CT molecular complexity index is 1600. The Morgan fingerprint density at radius 2 is 1.24 bits per heavy atom. The quantitative estimate of drug-likeness (QED) is 0.325. The zero-order valence-electron chi connectivity index (χ0n) is 17.9. The molecule has 2 nitrogen and oxygen atoms in total. The molecule has 0 saturated heterocycles. The molecule has 6 aromatic rings. The van der Waals surface area contributed by atoms with E-state index in [1.807, 2.05) is 18.2 Å². The minimum atomic E-state index is 0.109. The van der Waals surface area contributed by atoms with Gasteiger partial charge in [0.1, 0.15) is 22.7 Å². The van der Waals surface area contributed by atoms with Crippen LogP contribution in [-0.4, -0.2) is 6.71 Å². The van der Waals surface area contributed by atoms with Crippen molar-refractivity contribution in [1.29, 1.82) is 0 Å². The maximum atomic E-state index is 6.39. The van der Waals surface area contributed by atoms with Crippen molar-refractivity contribution in [1.82, 2.24) is 0 Å². The average Bonchev–Trinajstić information content (AvgIpc) is 3.26. The van der Waals surface area contributed by atoms with Crippen LogP contribution in [0.15, 0.2) is 120 Å². The van der Waals surface area contributed by atoms with Gasteiger partial charge in [-0.05, 0) is 34.7 Å². The zero-order valence-corrected chi connectivity index (χ0v) is 17.9. The molecule has 0 aliphatic carbocycles. The van der Waals surface area contributed by atoms with Crippen molar-refractivity contribution in [3.63, 3.8) is 0 Å². The van der Waals surface area contributed by atoms with Gasteiger partial charge in [-0.25, -0.2) is 0 Å². The van der Waals surface area contributed by atoms with Crippen LogP contribution in [0.1, 0.15) is 0 Å². The lowest BCUT2D eigenvalue weighted by Crippen LogP contribution is -2.54. The highest BCUT2D eigenvalue weighted by Crippen LogP contribution is 2.35. The Morgan fingerprint density at radius 3 is 2.00 bits per heavy atom. The van der Waals surface area contributed by atoms with Gasteiger partial charge in [0.2, 0.25) is 0 Å². The van der Waals surface area contributed by atoms with Gasteiger partial charge in [0.15, 0.2) is 0 Å². The van der Waals surface area contributed by atoms with E-state index in [1.54, 1.807) is 0 Å². The first-order chi connectivity index (χ1) is 16.4. The Hall–Kier alpha value is -4.24. The summed E-state index contributed by atoms with van der Waals surface area (Å²) in [4.78, 5) is 0. The summed E-state index contributed by atoms with van der Waals surface area (Å²) in [5.41, 5.74) is 7.73. The second-order valence-corrected chi connectivity index (χ2v) is 8.52. The van der Waals surface area contributed by atoms with Crippen LogP contribution in [0, 0.1) is 0 Å². The minimum Gasteiger partial charge on any atom is -0.458 e. The molecule has 0 atom stereocenters. The first kappa shape index (κ1) is 18.3. The van der Waals surface area contributed by atoms with Crippen molar-refractivity contribution in [3.05, 3.63) is 115 Å². The monoisotopic (exact) mass is 422 g/mol. The summed E-state index contributed by atoms with van der Waals surface area (Å²) in [7, 11) is 0. The highest BCUT2D eigenvalue weighted by Gasteiger charge is 2.32. The molecule has 0 spiro atoms. The number of para-hydroxylation sites is 3. The predicted octanol–water partition coefficient (Wildman–Crippen LogP) is 5.87. The smallest absolute Gasteiger partial charge is 0.250 e. The SMILES string of the molecule is c1ccc(-c2cccc3c2oc2ccc(B4c5ccccc5Oc5ccccc54)cc23)cc1. The lowest BCUT2D eigenvalue weighted by molar-refractivity contribution is 0.487. The highest BCUT2D eigenvalue weighted by atomic mass is 16.5. The Balaban J connectivity index is 1.46. The highest BCUT2D eigenvalue weighted by molar-refractivity contribution is 6.97. The van der Waals surface area contributed by atoms with E-state index < -0.39 is 0 Å². The van der Waals surface area contributed by atoms with Gasteiger partial charge in [-0.1, -0.05) is 103 Å². The molecule has 3 heteroatoms. The van der Waals surface area contributed by atoms with Crippen LogP contribution in [0.2, 0.25) is 0 Å². The van der Waals surface area contributed by atoms with E-state index >= 15 is 0 Å². The van der Waals surface area contributed by atoms with Crippen molar-refractivity contribution in [2.45, 2.75) is 0 Å². The third-order valence-electron chi connectivity index (χ3n) is 6.62. The van der Waals surface area contributed by atoms with E-state index in [0.717, 1.165) is 44.6 Å². The van der Waals surface area contributed by atoms with Gasteiger partial charge >= 0.3 is 0 Å². The molecule has 7 rings (SSSR count). The van der Waals surface area contributed by atoms with Crippen LogP contribution in [0.5, 0.6) is 11.5 Å². The fraction of sp³-hybridized carbons (Fsp3) is 0. The van der Waals surface area contributed by atoms with Crippen molar-refractivity contribution in [3.8, 4) is 22.6 Å². The minimum absolute atomic E-state index is 0.109. The lowest BCUT2D eigenvalue weighted by atomic mass is 9.36. The van der Waals surface area contributed by atoms with Crippen LogP contribution in [-0.2, 0) is 0 Å². The van der Waals surface area contributed by atoms with E-state index in [4.69, 9.17) is 9.15 Å². The molecule has 1 aliphatic rings. The van der Waals surface area contributed by atoms with Gasteiger partial charge in [0.05, 0.1) is 0 Å². The molecule has 0 fully saturated rings. The molecule has 0 amide bonds. The molecular weight excluding hydrogens is 403 g/mol. The molecule has 33 heavy (non-hydrogen) atoms. The third kappa shape index (κ3) is 2.83. The number of fused-ring (bicyclic) bond motifs is 5. The summed E-state index contributed by atoms with van der Waals surface area (Å²) in [6.45, 7) is 0.109. The van der Waals surface area contributed by atoms with Crippen molar-refractivity contribution in [2.75, 3.05) is 0 Å². The molecule has 5 aromatic carbocycles. The fourth-order valence-corrected chi connectivity index (χ4v) is 5.11. The van der Waals surface area contributed by atoms with Gasteiger partial charge < -0.3 is 9.15 Å². The number of furan rings is 1. The molecule has 0 bridgehead atoms. The topological polar surface area (TPSA) is 22.4 Å². The summed E-state index contributed by atoms with van der Waals surface area (Å²) in [5.74, 6) is 1.84. The molecule has 1 aromatic heterocycles. The first-order valence-corrected chi connectivity index (χ1v) is 11.2. The third-order valence-corrected chi connectivity index (χ3v) is 6.62. The predicted molar refractivity (Wildman–Crippen MR) is 137 cm³/mol. The van der Waals surface area contributed by atoms with Gasteiger partial charge in [-0.3, -0.25) is 0 Å². The summed E-state index contributed by atoms with van der Waals surface area (Å²) >= 11 is 0. The second-order valence-electron chi connectivity index (χ2n) is 8.52. The molecule has 154 valence electrons. The second kappa shape index (κ2) is 7.14. The summed E-state index contributed by atoms with van der Waals surface area (Å²) in [6.07, 6.45) is 0. The zero-order chi connectivity index (χ0) is 21.8.